The Hall–Kier alpha value is -3.74. The number of carbonyl (C=O) groups is 3. The van der Waals surface area contributed by atoms with Crippen LogP contribution >= 0.6 is 0 Å². The number of benzene rings is 2. The zero-order valence-electron chi connectivity index (χ0n) is 17.5. The molecule has 0 aliphatic carbocycles. The zero-order valence-corrected chi connectivity index (χ0v) is 17.5. The minimum atomic E-state index is -0.475. The molecule has 0 radical (unpaired) electrons. The molecule has 158 valence electrons. The van der Waals surface area contributed by atoms with Crippen LogP contribution < -0.4 is 5.32 Å². The molecule has 0 fully saturated rings. The standard InChI is InChI=1S/C24H23N3O4/c1-15-20(16(2)27(26-15)19-6-4-3-5-7-19)13-24(30)31-14-22(28)18-8-10-21-17(12-18)9-11-23(29)25-21/h3-8,10,12H,9,11,13-14H2,1-2H3,(H,25,29). The van der Waals surface area contributed by atoms with E-state index in [0.717, 1.165) is 33.9 Å². The Kier molecular flexibility index (Phi) is 5.66. The minimum absolute atomic E-state index is 0.0262. The van der Waals surface area contributed by atoms with Crippen LogP contribution in [0.1, 0.15) is 39.3 Å². The molecule has 1 aliphatic heterocycles. The van der Waals surface area contributed by atoms with E-state index in [1.807, 2.05) is 44.2 Å². The van der Waals surface area contributed by atoms with Crippen LogP contribution in [-0.4, -0.2) is 34.0 Å². The molecule has 4 rings (SSSR count). The van der Waals surface area contributed by atoms with Gasteiger partial charge in [0.25, 0.3) is 0 Å². The molecule has 0 saturated heterocycles. The quantitative estimate of drug-likeness (QED) is 0.491. The lowest BCUT2D eigenvalue weighted by atomic mass is 9.99. The van der Waals surface area contributed by atoms with Crippen LogP contribution in [0.5, 0.6) is 0 Å². The Morgan fingerprint density at radius 1 is 1.10 bits per heavy atom. The van der Waals surface area contributed by atoms with E-state index in [2.05, 4.69) is 10.4 Å². The molecule has 7 nitrogen and oxygen atoms in total. The van der Waals surface area contributed by atoms with Gasteiger partial charge in [0.15, 0.2) is 12.4 Å². The second-order valence-corrected chi connectivity index (χ2v) is 7.58. The number of rotatable bonds is 6. The van der Waals surface area contributed by atoms with Gasteiger partial charge < -0.3 is 10.1 Å². The van der Waals surface area contributed by atoms with Crippen LogP contribution in [0.4, 0.5) is 5.69 Å². The highest BCUT2D eigenvalue weighted by molar-refractivity contribution is 6.00. The molecule has 0 saturated carbocycles. The van der Waals surface area contributed by atoms with Crippen molar-refractivity contribution in [1.29, 1.82) is 0 Å². The molecular formula is C24H23N3O4. The van der Waals surface area contributed by atoms with Crippen LogP contribution in [0.25, 0.3) is 5.69 Å². The molecule has 0 spiro atoms. The molecule has 7 heteroatoms. The van der Waals surface area contributed by atoms with E-state index in [9.17, 15) is 14.4 Å². The Bertz CT molecular complexity index is 1170. The lowest BCUT2D eigenvalue weighted by Gasteiger charge is -2.17. The molecule has 2 aromatic carbocycles. The average molecular weight is 417 g/mol. The van der Waals surface area contributed by atoms with Crippen molar-refractivity contribution in [1.82, 2.24) is 9.78 Å². The molecule has 2 heterocycles. The van der Waals surface area contributed by atoms with Crippen LogP contribution in [0.2, 0.25) is 0 Å². The summed E-state index contributed by atoms with van der Waals surface area (Å²) in [5.74, 6) is -0.777. The van der Waals surface area contributed by atoms with Crippen molar-refractivity contribution in [3.8, 4) is 5.69 Å². The summed E-state index contributed by atoms with van der Waals surface area (Å²) >= 11 is 0. The van der Waals surface area contributed by atoms with Crippen LogP contribution in [-0.2, 0) is 27.2 Å². The molecule has 0 bridgehead atoms. The number of anilines is 1. The topological polar surface area (TPSA) is 90.3 Å². The number of carbonyl (C=O) groups excluding carboxylic acids is 3. The summed E-state index contributed by atoms with van der Waals surface area (Å²) in [5.41, 5.74) is 5.44. The number of Topliss-reactive ketones (excluding diaryl/α,β-unsaturated/α-hetero) is 1. The van der Waals surface area contributed by atoms with Crippen molar-refractivity contribution in [2.24, 2.45) is 0 Å². The van der Waals surface area contributed by atoms with Gasteiger partial charge in [-0.15, -0.1) is 0 Å². The first-order chi connectivity index (χ1) is 14.9. The molecule has 1 aliphatic rings. The molecule has 31 heavy (non-hydrogen) atoms. The second kappa shape index (κ2) is 8.55. The SMILES string of the molecule is Cc1nn(-c2ccccc2)c(C)c1CC(=O)OCC(=O)c1ccc2c(c1)CCC(=O)N2. The first-order valence-electron chi connectivity index (χ1n) is 10.1. The van der Waals surface area contributed by atoms with E-state index in [1.165, 1.54) is 0 Å². The Morgan fingerprint density at radius 3 is 2.65 bits per heavy atom. The van der Waals surface area contributed by atoms with Crippen molar-refractivity contribution in [3.05, 3.63) is 76.6 Å². The number of hydrogen-bond donors (Lipinski definition) is 1. The molecule has 0 atom stereocenters. The fourth-order valence-electron chi connectivity index (χ4n) is 3.73. The number of aromatic nitrogens is 2. The highest BCUT2D eigenvalue weighted by atomic mass is 16.5. The molecule has 1 N–H and O–H groups in total. The normalized spacial score (nSPS) is 12.8. The minimum Gasteiger partial charge on any atom is -0.457 e. The van der Waals surface area contributed by atoms with E-state index < -0.39 is 5.97 Å². The fourth-order valence-corrected chi connectivity index (χ4v) is 3.73. The second-order valence-electron chi connectivity index (χ2n) is 7.58. The number of para-hydroxylation sites is 1. The maximum Gasteiger partial charge on any atom is 0.310 e. The third-order valence-electron chi connectivity index (χ3n) is 5.45. The van der Waals surface area contributed by atoms with Gasteiger partial charge in [0.2, 0.25) is 5.91 Å². The fraction of sp³-hybridized carbons (Fsp3) is 0.250. The number of nitrogens with zero attached hydrogens (tertiary/aromatic N) is 2. The Labute approximate surface area is 180 Å². The predicted molar refractivity (Wildman–Crippen MR) is 115 cm³/mol. The number of amides is 1. The highest BCUT2D eigenvalue weighted by Gasteiger charge is 2.19. The number of esters is 1. The molecular weight excluding hydrogens is 394 g/mol. The summed E-state index contributed by atoms with van der Waals surface area (Å²) in [6.07, 6.45) is 1.04. The van der Waals surface area contributed by atoms with Gasteiger partial charge in [0.1, 0.15) is 0 Å². The number of aryl methyl sites for hydroxylation is 2. The number of fused-ring (bicyclic) bond motifs is 1. The van der Waals surface area contributed by atoms with Crippen molar-refractivity contribution < 1.29 is 19.1 Å². The molecule has 1 aromatic heterocycles. The lowest BCUT2D eigenvalue weighted by Crippen LogP contribution is -2.20. The monoisotopic (exact) mass is 417 g/mol. The van der Waals surface area contributed by atoms with E-state index in [0.29, 0.717) is 18.4 Å². The van der Waals surface area contributed by atoms with Gasteiger partial charge in [0.05, 0.1) is 17.8 Å². The largest absolute Gasteiger partial charge is 0.457 e. The van der Waals surface area contributed by atoms with Crippen LogP contribution in [0, 0.1) is 13.8 Å². The highest BCUT2D eigenvalue weighted by Crippen LogP contribution is 2.24. The van der Waals surface area contributed by atoms with E-state index in [-0.39, 0.29) is 24.7 Å². The van der Waals surface area contributed by atoms with Crippen molar-refractivity contribution in [2.75, 3.05) is 11.9 Å². The third-order valence-corrected chi connectivity index (χ3v) is 5.45. The zero-order chi connectivity index (χ0) is 22.0. The van der Waals surface area contributed by atoms with E-state index in [1.54, 1.807) is 22.9 Å². The average Bonchev–Trinajstić information content (AvgIpc) is 3.06. The first-order valence-corrected chi connectivity index (χ1v) is 10.1. The van der Waals surface area contributed by atoms with Gasteiger partial charge >= 0.3 is 5.97 Å². The van der Waals surface area contributed by atoms with Gasteiger partial charge in [-0.25, -0.2) is 4.68 Å². The predicted octanol–water partition coefficient (Wildman–Crippen LogP) is 3.34. The smallest absolute Gasteiger partial charge is 0.310 e. The number of ketones is 1. The number of nitrogens with one attached hydrogen (secondary N) is 1. The van der Waals surface area contributed by atoms with E-state index >= 15 is 0 Å². The molecule has 1 amide bonds. The Balaban J connectivity index is 1.39. The number of ether oxygens (including phenoxy) is 1. The summed E-state index contributed by atoms with van der Waals surface area (Å²) in [6.45, 7) is 3.44. The Morgan fingerprint density at radius 2 is 1.87 bits per heavy atom. The summed E-state index contributed by atoms with van der Waals surface area (Å²) in [5, 5.41) is 7.32. The summed E-state index contributed by atoms with van der Waals surface area (Å²) in [6, 6.07) is 14.8. The summed E-state index contributed by atoms with van der Waals surface area (Å²) in [4.78, 5) is 36.4. The van der Waals surface area contributed by atoms with Crippen molar-refractivity contribution in [3.63, 3.8) is 0 Å². The van der Waals surface area contributed by atoms with Crippen molar-refractivity contribution >= 4 is 23.3 Å². The van der Waals surface area contributed by atoms with Crippen LogP contribution in [0.15, 0.2) is 48.5 Å². The van der Waals surface area contributed by atoms with Crippen LogP contribution in [0.3, 0.4) is 0 Å². The summed E-state index contributed by atoms with van der Waals surface area (Å²) < 4.78 is 7.05. The maximum absolute atomic E-state index is 12.5. The van der Waals surface area contributed by atoms with Gasteiger partial charge in [-0.3, -0.25) is 14.4 Å². The van der Waals surface area contributed by atoms with E-state index in [4.69, 9.17) is 4.74 Å². The van der Waals surface area contributed by atoms with Gasteiger partial charge in [0, 0.05) is 28.9 Å². The number of hydrogen-bond acceptors (Lipinski definition) is 5. The first kappa shape index (κ1) is 20.5. The van der Waals surface area contributed by atoms with Gasteiger partial charge in [-0.1, -0.05) is 18.2 Å². The third kappa shape index (κ3) is 4.40. The van der Waals surface area contributed by atoms with Crippen molar-refractivity contribution in [2.45, 2.75) is 33.1 Å². The summed E-state index contributed by atoms with van der Waals surface area (Å²) in [7, 11) is 0. The maximum atomic E-state index is 12.5. The van der Waals surface area contributed by atoms with Gasteiger partial charge in [-0.05, 0) is 56.2 Å². The van der Waals surface area contributed by atoms with Gasteiger partial charge in [-0.2, -0.15) is 5.10 Å². The molecule has 3 aromatic rings. The molecule has 0 unspecified atom stereocenters. The lowest BCUT2D eigenvalue weighted by molar-refractivity contribution is -0.141.